The Bertz CT molecular complexity index is 781. The highest BCUT2D eigenvalue weighted by molar-refractivity contribution is 7.17. The molecular weight excluding hydrogens is 309 g/mol. The van der Waals surface area contributed by atoms with Crippen LogP contribution in [0.3, 0.4) is 0 Å². The Morgan fingerprint density at radius 1 is 1.05 bits per heavy atom. The van der Waals surface area contributed by atoms with Gasteiger partial charge in [-0.2, -0.15) is 0 Å². The van der Waals surface area contributed by atoms with Gasteiger partial charge < -0.3 is 0 Å². The first-order chi connectivity index (χ1) is 10.1. The van der Waals surface area contributed by atoms with Gasteiger partial charge in [-0.05, 0) is 36.4 Å². The second-order valence-electron chi connectivity index (χ2n) is 4.37. The van der Waals surface area contributed by atoms with Gasteiger partial charge in [-0.15, -0.1) is 11.3 Å². The van der Waals surface area contributed by atoms with Gasteiger partial charge in [-0.1, -0.05) is 23.7 Å². The Labute approximate surface area is 129 Å². The molecule has 5 heteroatoms. The third-order valence-corrected chi connectivity index (χ3v) is 4.22. The van der Waals surface area contributed by atoms with Crippen molar-refractivity contribution in [2.24, 2.45) is 0 Å². The number of ketones is 1. The minimum Gasteiger partial charge on any atom is -0.288 e. The fraction of sp³-hybridized carbons (Fsp3) is 0. The molecule has 0 spiro atoms. The third-order valence-electron chi connectivity index (χ3n) is 2.93. The van der Waals surface area contributed by atoms with E-state index < -0.39 is 0 Å². The maximum absolute atomic E-state index is 12.9. The normalized spacial score (nSPS) is 10.6. The van der Waals surface area contributed by atoms with Crippen molar-refractivity contribution in [1.29, 1.82) is 0 Å². The molecule has 0 N–H and O–H groups in total. The topological polar surface area (TPSA) is 30.0 Å². The largest absolute Gasteiger partial charge is 0.288 e. The lowest BCUT2D eigenvalue weighted by Crippen LogP contribution is -1.98. The van der Waals surface area contributed by atoms with Crippen LogP contribution in [-0.4, -0.2) is 10.8 Å². The van der Waals surface area contributed by atoms with Gasteiger partial charge in [-0.3, -0.25) is 4.79 Å². The zero-order valence-electron chi connectivity index (χ0n) is 10.7. The molecule has 0 unspecified atom stereocenters. The lowest BCUT2D eigenvalue weighted by atomic mass is 10.1. The molecule has 21 heavy (non-hydrogen) atoms. The summed E-state index contributed by atoms with van der Waals surface area (Å²) in [4.78, 5) is 17.1. The summed E-state index contributed by atoms with van der Waals surface area (Å²) in [6, 6.07) is 12.8. The highest BCUT2D eigenvalue weighted by atomic mass is 35.5. The number of rotatable bonds is 3. The number of thiazole rings is 1. The van der Waals surface area contributed by atoms with Gasteiger partial charge in [-0.25, -0.2) is 9.37 Å². The van der Waals surface area contributed by atoms with Crippen LogP contribution in [0.1, 0.15) is 15.2 Å². The van der Waals surface area contributed by atoms with Gasteiger partial charge in [0.25, 0.3) is 0 Å². The maximum Gasteiger partial charge on any atom is 0.204 e. The molecule has 0 amide bonds. The van der Waals surface area contributed by atoms with Gasteiger partial charge in [0, 0.05) is 22.3 Å². The number of aromatic nitrogens is 1. The SMILES string of the molecule is O=C(c1ccc(F)cc1)c1cnc(-c2ccc(Cl)cc2)s1. The summed E-state index contributed by atoms with van der Waals surface area (Å²) in [6.45, 7) is 0. The quantitative estimate of drug-likeness (QED) is 0.647. The van der Waals surface area contributed by atoms with E-state index >= 15 is 0 Å². The molecule has 0 atom stereocenters. The van der Waals surface area contributed by atoms with E-state index in [1.165, 1.54) is 35.6 Å². The summed E-state index contributed by atoms with van der Waals surface area (Å²) < 4.78 is 12.9. The van der Waals surface area contributed by atoms with Crippen LogP contribution in [0.4, 0.5) is 4.39 Å². The predicted octanol–water partition coefficient (Wildman–Crippen LogP) is 4.83. The van der Waals surface area contributed by atoms with E-state index in [1.54, 1.807) is 18.3 Å². The summed E-state index contributed by atoms with van der Waals surface area (Å²) >= 11 is 7.15. The molecule has 1 aromatic heterocycles. The number of halogens is 2. The first-order valence-corrected chi connectivity index (χ1v) is 7.35. The molecule has 0 fully saturated rings. The summed E-state index contributed by atoms with van der Waals surface area (Å²) in [5.74, 6) is -0.523. The Hall–Kier alpha value is -2.04. The molecule has 0 aliphatic carbocycles. The lowest BCUT2D eigenvalue weighted by Gasteiger charge is -1.97. The van der Waals surface area contributed by atoms with Crippen LogP contribution in [0.15, 0.2) is 54.7 Å². The van der Waals surface area contributed by atoms with Gasteiger partial charge in [0.15, 0.2) is 0 Å². The monoisotopic (exact) mass is 317 g/mol. The Morgan fingerprint density at radius 3 is 2.38 bits per heavy atom. The van der Waals surface area contributed by atoms with Crippen molar-refractivity contribution in [3.05, 3.63) is 76.0 Å². The molecule has 3 aromatic rings. The molecule has 0 saturated heterocycles. The summed E-state index contributed by atoms with van der Waals surface area (Å²) in [6.07, 6.45) is 1.54. The smallest absolute Gasteiger partial charge is 0.204 e. The van der Waals surface area contributed by atoms with Crippen LogP contribution in [-0.2, 0) is 0 Å². The standard InChI is InChI=1S/C16H9ClFNOS/c17-12-5-1-11(2-6-12)16-19-9-14(21-16)15(20)10-3-7-13(18)8-4-10/h1-9H. The molecule has 2 nitrogen and oxygen atoms in total. The van der Waals surface area contributed by atoms with Crippen molar-refractivity contribution < 1.29 is 9.18 Å². The second-order valence-corrected chi connectivity index (χ2v) is 5.84. The zero-order chi connectivity index (χ0) is 14.8. The number of hydrogen-bond acceptors (Lipinski definition) is 3. The second kappa shape index (κ2) is 5.76. The molecule has 0 aliphatic rings. The van der Waals surface area contributed by atoms with E-state index in [-0.39, 0.29) is 11.6 Å². The van der Waals surface area contributed by atoms with Gasteiger partial charge in [0.2, 0.25) is 5.78 Å². The van der Waals surface area contributed by atoms with Crippen molar-refractivity contribution in [1.82, 2.24) is 4.98 Å². The number of benzene rings is 2. The minimum absolute atomic E-state index is 0.160. The van der Waals surface area contributed by atoms with Crippen molar-refractivity contribution >= 4 is 28.7 Å². The van der Waals surface area contributed by atoms with Crippen LogP contribution in [0.5, 0.6) is 0 Å². The van der Waals surface area contributed by atoms with Gasteiger partial charge in [0.1, 0.15) is 10.8 Å². The highest BCUT2D eigenvalue weighted by Gasteiger charge is 2.13. The predicted molar refractivity (Wildman–Crippen MR) is 82.4 cm³/mol. The summed E-state index contributed by atoms with van der Waals surface area (Å²) in [7, 11) is 0. The fourth-order valence-corrected chi connectivity index (χ4v) is 2.86. The van der Waals surface area contributed by atoms with Crippen LogP contribution < -0.4 is 0 Å². The van der Waals surface area contributed by atoms with Crippen molar-refractivity contribution in [2.45, 2.75) is 0 Å². The molecule has 0 radical (unpaired) electrons. The lowest BCUT2D eigenvalue weighted by molar-refractivity contribution is 0.104. The first-order valence-electron chi connectivity index (χ1n) is 6.15. The van der Waals surface area contributed by atoms with Gasteiger partial charge in [0.05, 0.1) is 4.88 Å². The Balaban J connectivity index is 1.89. The Kier molecular flexibility index (Phi) is 3.82. The van der Waals surface area contributed by atoms with Crippen LogP contribution >= 0.6 is 22.9 Å². The molecule has 1 heterocycles. The number of nitrogens with zero attached hydrogens (tertiary/aromatic N) is 1. The molecule has 0 saturated carbocycles. The van der Waals surface area contributed by atoms with Crippen molar-refractivity contribution in [2.75, 3.05) is 0 Å². The fourth-order valence-electron chi connectivity index (χ4n) is 1.85. The number of carbonyl (C=O) groups is 1. The van der Waals surface area contributed by atoms with Crippen LogP contribution in [0, 0.1) is 5.82 Å². The maximum atomic E-state index is 12.9. The number of carbonyl (C=O) groups excluding carboxylic acids is 1. The minimum atomic E-state index is -0.363. The molecule has 104 valence electrons. The van der Waals surface area contributed by atoms with Crippen LogP contribution in [0.2, 0.25) is 5.02 Å². The van der Waals surface area contributed by atoms with Crippen molar-refractivity contribution in [3.63, 3.8) is 0 Å². The van der Waals surface area contributed by atoms with Crippen LogP contribution in [0.25, 0.3) is 10.6 Å². The van der Waals surface area contributed by atoms with Gasteiger partial charge >= 0.3 is 0 Å². The van der Waals surface area contributed by atoms with E-state index in [2.05, 4.69) is 4.98 Å². The number of hydrogen-bond donors (Lipinski definition) is 0. The highest BCUT2D eigenvalue weighted by Crippen LogP contribution is 2.27. The van der Waals surface area contributed by atoms with E-state index in [1.807, 2.05) is 12.1 Å². The summed E-state index contributed by atoms with van der Waals surface area (Å²) in [5.41, 5.74) is 1.35. The molecular formula is C16H9ClFNOS. The van der Waals surface area contributed by atoms with E-state index in [0.29, 0.717) is 15.5 Å². The summed E-state index contributed by atoms with van der Waals surface area (Å²) in [5, 5.41) is 1.40. The van der Waals surface area contributed by atoms with E-state index in [9.17, 15) is 9.18 Å². The van der Waals surface area contributed by atoms with Crippen molar-refractivity contribution in [3.8, 4) is 10.6 Å². The Morgan fingerprint density at radius 2 is 1.71 bits per heavy atom. The molecule has 3 rings (SSSR count). The van der Waals surface area contributed by atoms with E-state index in [4.69, 9.17) is 11.6 Å². The zero-order valence-corrected chi connectivity index (χ0v) is 12.3. The third kappa shape index (κ3) is 3.01. The molecule has 0 aliphatic heterocycles. The first kappa shape index (κ1) is 13.9. The van der Waals surface area contributed by atoms with E-state index in [0.717, 1.165) is 10.6 Å². The molecule has 0 bridgehead atoms. The average molecular weight is 318 g/mol. The molecule has 2 aromatic carbocycles. The average Bonchev–Trinajstić information content (AvgIpc) is 2.98.